The van der Waals surface area contributed by atoms with E-state index in [2.05, 4.69) is 31.1 Å². The highest BCUT2D eigenvalue weighted by atomic mass is 127. The molecule has 1 saturated carbocycles. The number of nitrogens with two attached hydrogens (primary N) is 1. The van der Waals surface area contributed by atoms with E-state index in [-0.39, 0.29) is 24.0 Å². The second-order valence-electron chi connectivity index (χ2n) is 5.20. The molecule has 17 heavy (non-hydrogen) atoms. The van der Waals surface area contributed by atoms with Gasteiger partial charge in [0.1, 0.15) is 0 Å². The van der Waals surface area contributed by atoms with Gasteiger partial charge in [0, 0.05) is 12.6 Å². The Balaban J connectivity index is 0.00000256. The van der Waals surface area contributed by atoms with E-state index >= 15 is 0 Å². The molecule has 1 aliphatic rings. The second-order valence-corrected chi connectivity index (χ2v) is 5.20. The first kappa shape index (κ1) is 17.0. The molecule has 3 atom stereocenters. The Bertz CT molecular complexity index is 231. The van der Waals surface area contributed by atoms with E-state index in [0.717, 1.165) is 24.8 Å². The van der Waals surface area contributed by atoms with Gasteiger partial charge in [-0.3, -0.25) is 4.99 Å². The average molecular weight is 353 g/mol. The average Bonchev–Trinajstić information content (AvgIpc) is 2.28. The highest BCUT2D eigenvalue weighted by Gasteiger charge is 2.20. The standard InChI is InChI=1S/C13H27N3.HI/c1-4-11(3)16-13(14)15-9-12-8-6-5-7-10(12)2;/h10-12H,4-9H2,1-3H3,(H3,14,15,16);1H. The first-order valence-electron chi connectivity index (χ1n) is 6.70. The van der Waals surface area contributed by atoms with Crippen molar-refractivity contribution in [1.29, 1.82) is 0 Å². The van der Waals surface area contributed by atoms with E-state index in [0.29, 0.717) is 12.0 Å². The zero-order valence-electron chi connectivity index (χ0n) is 11.4. The van der Waals surface area contributed by atoms with Crippen LogP contribution in [0, 0.1) is 11.8 Å². The lowest BCUT2D eigenvalue weighted by Crippen LogP contribution is -2.38. The van der Waals surface area contributed by atoms with Gasteiger partial charge < -0.3 is 11.1 Å². The summed E-state index contributed by atoms with van der Waals surface area (Å²) in [6.45, 7) is 7.52. The highest BCUT2D eigenvalue weighted by molar-refractivity contribution is 14.0. The lowest BCUT2D eigenvalue weighted by molar-refractivity contribution is 0.263. The van der Waals surface area contributed by atoms with Crippen molar-refractivity contribution >= 4 is 29.9 Å². The van der Waals surface area contributed by atoms with Crippen LogP contribution < -0.4 is 11.1 Å². The molecule has 1 rings (SSSR count). The summed E-state index contributed by atoms with van der Waals surface area (Å²) in [5.41, 5.74) is 5.85. The molecule has 0 heterocycles. The van der Waals surface area contributed by atoms with Crippen molar-refractivity contribution < 1.29 is 0 Å². The number of guanidine groups is 1. The predicted molar refractivity (Wildman–Crippen MR) is 85.9 cm³/mol. The van der Waals surface area contributed by atoms with Gasteiger partial charge >= 0.3 is 0 Å². The summed E-state index contributed by atoms with van der Waals surface area (Å²) in [6.07, 6.45) is 6.52. The molecule has 0 aromatic carbocycles. The number of aliphatic imine (C=N–C) groups is 1. The zero-order chi connectivity index (χ0) is 12.0. The minimum atomic E-state index is 0. The normalized spacial score (nSPS) is 27.1. The number of rotatable bonds is 4. The molecular weight excluding hydrogens is 325 g/mol. The van der Waals surface area contributed by atoms with Crippen LogP contribution in [-0.2, 0) is 0 Å². The Morgan fingerprint density at radius 3 is 2.65 bits per heavy atom. The van der Waals surface area contributed by atoms with Crippen LogP contribution in [0.25, 0.3) is 0 Å². The molecule has 1 fully saturated rings. The Labute approximate surface area is 123 Å². The third-order valence-electron chi connectivity index (χ3n) is 3.79. The second kappa shape index (κ2) is 9.00. The summed E-state index contributed by atoms with van der Waals surface area (Å²) in [4.78, 5) is 4.47. The molecule has 4 heteroatoms. The maximum atomic E-state index is 5.85. The third-order valence-corrected chi connectivity index (χ3v) is 3.79. The summed E-state index contributed by atoms with van der Waals surface area (Å²) < 4.78 is 0. The van der Waals surface area contributed by atoms with Crippen LogP contribution in [0.5, 0.6) is 0 Å². The van der Waals surface area contributed by atoms with Gasteiger partial charge in [0.05, 0.1) is 0 Å². The molecule has 0 saturated heterocycles. The van der Waals surface area contributed by atoms with Gasteiger partial charge in [-0.1, -0.05) is 33.1 Å². The summed E-state index contributed by atoms with van der Waals surface area (Å²) in [5, 5.41) is 3.21. The molecule has 0 radical (unpaired) electrons. The van der Waals surface area contributed by atoms with Gasteiger partial charge in [0.15, 0.2) is 5.96 Å². The van der Waals surface area contributed by atoms with Gasteiger partial charge in [-0.05, 0) is 31.6 Å². The minimum absolute atomic E-state index is 0. The fourth-order valence-electron chi connectivity index (χ4n) is 2.28. The minimum Gasteiger partial charge on any atom is -0.370 e. The van der Waals surface area contributed by atoms with Crippen LogP contribution in [0.1, 0.15) is 52.9 Å². The van der Waals surface area contributed by atoms with E-state index in [1.807, 2.05) is 0 Å². The molecule has 0 aliphatic heterocycles. The summed E-state index contributed by atoms with van der Waals surface area (Å²) in [6, 6.07) is 0.424. The summed E-state index contributed by atoms with van der Waals surface area (Å²) >= 11 is 0. The number of halogens is 1. The van der Waals surface area contributed by atoms with Gasteiger partial charge in [-0.2, -0.15) is 0 Å². The fourth-order valence-corrected chi connectivity index (χ4v) is 2.28. The first-order valence-corrected chi connectivity index (χ1v) is 6.70. The fraction of sp³-hybridized carbons (Fsp3) is 0.923. The quantitative estimate of drug-likeness (QED) is 0.464. The molecule has 3 unspecified atom stereocenters. The van der Waals surface area contributed by atoms with Crippen molar-refractivity contribution in [2.45, 2.75) is 58.9 Å². The molecule has 0 aromatic rings. The SMILES string of the molecule is CCC(C)NC(N)=NCC1CCCCC1C.I. The van der Waals surface area contributed by atoms with Crippen LogP contribution in [0.2, 0.25) is 0 Å². The smallest absolute Gasteiger partial charge is 0.188 e. The monoisotopic (exact) mass is 353 g/mol. The molecule has 0 aromatic heterocycles. The van der Waals surface area contributed by atoms with Gasteiger partial charge in [0.2, 0.25) is 0 Å². The molecule has 102 valence electrons. The van der Waals surface area contributed by atoms with Crippen molar-refractivity contribution in [2.75, 3.05) is 6.54 Å². The maximum Gasteiger partial charge on any atom is 0.188 e. The van der Waals surface area contributed by atoms with Crippen LogP contribution in [0.4, 0.5) is 0 Å². The van der Waals surface area contributed by atoms with Gasteiger partial charge in [0.25, 0.3) is 0 Å². The molecule has 0 amide bonds. The first-order chi connectivity index (χ1) is 7.63. The Hall–Kier alpha value is 0. The van der Waals surface area contributed by atoms with Crippen LogP contribution >= 0.6 is 24.0 Å². The Kier molecular flexibility index (Phi) is 9.00. The van der Waals surface area contributed by atoms with Crippen molar-refractivity contribution in [3.05, 3.63) is 0 Å². The third kappa shape index (κ3) is 6.48. The number of nitrogens with zero attached hydrogens (tertiary/aromatic N) is 1. The van der Waals surface area contributed by atoms with Gasteiger partial charge in [-0.15, -0.1) is 24.0 Å². The topological polar surface area (TPSA) is 50.4 Å². The van der Waals surface area contributed by atoms with Crippen molar-refractivity contribution in [1.82, 2.24) is 5.32 Å². The molecule has 0 bridgehead atoms. The van der Waals surface area contributed by atoms with E-state index in [1.54, 1.807) is 0 Å². The Morgan fingerprint density at radius 1 is 1.41 bits per heavy atom. The molecule has 3 N–H and O–H groups in total. The maximum absolute atomic E-state index is 5.85. The van der Waals surface area contributed by atoms with Crippen molar-refractivity contribution in [2.24, 2.45) is 22.6 Å². The Morgan fingerprint density at radius 2 is 2.06 bits per heavy atom. The van der Waals surface area contributed by atoms with E-state index in [4.69, 9.17) is 5.73 Å². The molecule has 3 nitrogen and oxygen atoms in total. The van der Waals surface area contributed by atoms with Crippen LogP contribution in [0.15, 0.2) is 4.99 Å². The zero-order valence-corrected chi connectivity index (χ0v) is 13.7. The van der Waals surface area contributed by atoms with E-state index in [1.165, 1.54) is 25.7 Å². The van der Waals surface area contributed by atoms with Crippen molar-refractivity contribution in [3.8, 4) is 0 Å². The molecule has 1 aliphatic carbocycles. The number of nitrogens with one attached hydrogen (secondary N) is 1. The summed E-state index contributed by atoms with van der Waals surface area (Å²) in [5.74, 6) is 2.17. The lowest BCUT2D eigenvalue weighted by Gasteiger charge is -2.27. The van der Waals surface area contributed by atoms with Crippen molar-refractivity contribution in [3.63, 3.8) is 0 Å². The summed E-state index contributed by atoms with van der Waals surface area (Å²) in [7, 11) is 0. The van der Waals surface area contributed by atoms with Crippen LogP contribution in [-0.4, -0.2) is 18.5 Å². The molecule has 0 spiro atoms. The largest absolute Gasteiger partial charge is 0.370 e. The van der Waals surface area contributed by atoms with E-state index < -0.39 is 0 Å². The lowest BCUT2D eigenvalue weighted by atomic mass is 9.80. The van der Waals surface area contributed by atoms with Gasteiger partial charge in [-0.25, -0.2) is 0 Å². The van der Waals surface area contributed by atoms with Crippen LogP contribution in [0.3, 0.4) is 0 Å². The predicted octanol–water partition coefficient (Wildman–Crippen LogP) is 3.13. The number of hydrogen-bond acceptors (Lipinski definition) is 1. The highest BCUT2D eigenvalue weighted by Crippen LogP contribution is 2.29. The van der Waals surface area contributed by atoms with E-state index in [9.17, 15) is 0 Å². The number of hydrogen-bond donors (Lipinski definition) is 2. The molecular formula is C13H28IN3.